The van der Waals surface area contributed by atoms with Crippen molar-refractivity contribution in [2.24, 2.45) is 0 Å². The molecule has 0 aliphatic rings. The molecule has 0 aliphatic carbocycles. The van der Waals surface area contributed by atoms with Crippen molar-refractivity contribution in [1.82, 2.24) is 10.6 Å². The largest absolute Gasteiger partial charge is 0.446 e. The summed E-state index contributed by atoms with van der Waals surface area (Å²) in [5.74, 6) is 0. The third-order valence-corrected chi connectivity index (χ3v) is 3.60. The summed E-state index contributed by atoms with van der Waals surface area (Å²) in [6.07, 6.45) is 0.426. The molecule has 0 fully saturated rings. The summed E-state index contributed by atoms with van der Waals surface area (Å²) in [7, 11) is 0. The number of hydrogen-bond donors (Lipinski definition) is 2. The molecule has 2 aromatic carbocycles. The number of amides is 2. The summed E-state index contributed by atoms with van der Waals surface area (Å²) in [6, 6.07) is 19.7. The normalized spacial score (nSPS) is 10.0. The summed E-state index contributed by atoms with van der Waals surface area (Å²) in [4.78, 5) is 23.0. The highest BCUT2D eigenvalue weighted by atomic mass is 16.6. The lowest BCUT2D eigenvalue weighted by molar-refractivity contribution is 0.0959. The number of ether oxygens (including phenoxy) is 2. The fourth-order valence-electron chi connectivity index (χ4n) is 2.28. The van der Waals surface area contributed by atoms with Gasteiger partial charge in [0.15, 0.2) is 0 Å². The van der Waals surface area contributed by atoms with Gasteiger partial charge in [-0.3, -0.25) is 0 Å². The van der Waals surface area contributed by atoms with Crippen LogP contribution in [-0.2, 0) is 22.3 Å². The SMILES string of the molecule is O=C(NCCc1ccccc1)OCCOC(=O)NCCc1ccccc1. The summed E-state index contributed by atoms with van der Waals surface area (Å²) >= 11 is 0. The number of carbonyl (C=O) groups excluding carboxylic acids is 2. The maximum absolute atomic E-state index is 11.5. The zero-order valence-electron chi connectivity index (χ0n) is 14.6. The summed E-state index contributed by atoms with van der Waals surface area (Å²) in [5.41, 5.74) is 2.28. The molecule has 0 bridgehead atoms. The van der Waals surface area contributed by atoms with E-state index in [4.69, 9.17) is 9.47 Å². The lowest BCUT2D eigenvalue weighted by Crippen LogP contribution is -2.30. The molecule has 0 unspecified atom stereocenters. The van der Waals surface area contributed by atoms with Gasteiger partial charge in [0.2, 0.25) is 0 Å². The Morgan fingerprint density at radius 1 is 0.654 bits per heavy atom. The smallest absolute Gasteiger partial charge is 0.407 e. The fourth-order valence-corrected chi connectivity index (χ4v) is 2.28. The highest BCUT2D eigenvalue weighted by Gasteiger charge is 2.04. The minimum absolute atomic E-state index is 0.0171. The fraction of sp³-hybridized carbons (Fsp3) is 0.300. The minimum atomic E-state index is -0.519. The third kappa shape index (κ3) is 8.19. The van der Waals surface area contributed by atoms with Crippen LogP contribution < -0.4 is 10.6 Å². The number of nitrogens with one attached hydrogen (secondary N) is 2. The summed E-state index contributed by atoms with van der Waals surface area (Å²) in [5, 5.41) is 5.31. The molecule has 2 amide bonds. The van der Waals surface area contributed by atoms with Crippen molar-refractivity contribution < 1.29 is 19.1 Å². The van der Waals surface area contributed by atoms with Crippen molar-refractivity contribution in [3.63, 3.8) is 0 Å². The predicted octanol–water partition coefficient (Wildman–Crippen LogP) is 2.92. The molecule has 0 heterocycles. The molecule has 0 radical (unpaired) electrons. The quantitative estimate of drug-likeness (QED) is 0.677. The van der Waals surface area contributed by atoms with Crippen molar-refractivity contribution in [1.29, 1.82) is 0 Å². The van der Waals surface area contributed by atoms with Gasteiger partial charge in [-0.1, -0.05) is 60.7 Å². The first kappa shape index (κ1) is 19.3. The van der Waals surface area contributed by atoms with E-state index >= 15 is 0 Å². The van der Waals surface area contributed by atoms with Crippen LogP contribution in [0.2, 0.25) is 0 Å². The monoisotopic (exact) mass is 356 g/mol. The number of carbonyl (C=O) groups is 2. The van der Waals surface area contributed by atoms with Crippen LogP contribution in [0.5, 0.6) is 0 Å². The zero-order chi connectivity index (χ0) is 18.5. The van der Waals surface area contributed by atoms with Crippen molar-refractivity contribution in [2.75, 3.05) is 26.3 Å². The van der Waals surface area contributed by atoms with E-state index in [1.165, 1.54) is 0 Å². The molecule has 2 rings (SSSR count). The molecular formula is C20H24N2O4. The zero-order valence-corrected chi connectivity index (χ0v) is 14.6. The van der Waals surface area contributed by atoms with Gasteiger partial charge in [0, 0.05) is 13.1 Å². The minimum Gasteiger partial charge on any atom is -0.446 e. The standard InChI is InChI=1S/C20H24N2O4/c23-19(21-13-11-17-7-3-1-4-8-17)25-15-16-26-20(24)22-14-12-18-9-5-2-6-10-18/h1-10H,11-16H2,(H,21,23)(H,22,24). The molecule has 0 saturated heterocycles. The van der Waals surface area contributed by atoms with Gasteiger partial charge in [-0.15, -0.1) is 0 Å². The predicted molar refractivity (Wildman–Crippen MR) is 99.0 cm³/mol. The Morgan fingerprint density at radius 3 is 1.42 bits per heavy atom. The Kier molecular flexibility index (Phi) is 8.55. The lowest BCUT2D eigenvalue weighted by Gasteiger charge is -2.09. The van der Waals surface area contributed by atoms with Crippen molar-refractivity contribution in [2.45, 2.75) is 12.8 Å². The van der Waals surface area contributed by atoms with Gasteiger partial charge in [0.25, 0.3) is 0 Å². The molecule has 6 nitrogen and oxygen atoms in total. The highest BCUT2D eigenvalue weighted by Crippen LogP contribution is 1.99. The van der Waals surface area contributed by atoms with Crippen molar-refractivity contribution >= 4 is 12.2 Å². The highest BCUT2D eigenvalue weighted by molar-refractivity contribution is 5.68. The van der Waals surface area contributed by atoms with E-state index < -0.39 is 12.2 Å². The van der Waals surface area contributed by atoms with E-state index in [2.05, 4.69) is 10.6 Å². The van der Waals surface area contributed by atoms with Crippen LogP contribution in [-0.4, -0.2) is 38.5 Å². The first-order valence-electron chi connectivity index (χ1n) is 8.63. The molecule has 0 aromatic heterocycles. The van der Waals surface area contributed by atoms with E-state index in [9.17, 15) is 9.59 Å². The van der Waals surface area contributed by atoms with Gasteiger partial charge in [-0.25, -0.2) is 9.59 Å². The van der Waals surface area contributed by atoms with Gasteiger partial charge in [-0.05, 0) is 24.0 Å². The van der Waals surface area contributed by atoms with Crippen LogP contribution in [0.4, 0.5) is 9.59 Å². The molecule has 0 atom stereocenters. The van der Waals surface area contributed by atoms with E-state index in [0.29, 0.717) is 13.1 Å². The van der Waals surface area contributed by atoms with Crippen molar-refractivity contribution in [3.05, 3.63) is 71.8 Å². The van der Waals surface area contributed by atoms with Gasteiger partial charge in [0.05, 0.1) is 0 Å². The Balaban J connectivity index is 1.46. The summed E-state index contributed by atoms with van der Waals surface area (Å²) in [6.45, 7) is 1.01. The Hall–Kier alpha value is -3.02. The molecule has 2 aromatic rings. The molecule has 2 N–H and O–H groups in total. The molecule has 26 heavy (non-hydrogen) atoms. The van der Waals surface area contributed by atoms with Crippen molar-refractivity contribution in [3.8, 4) is 0 Å². The molecule has 138 valence electrons. The molecular weight excluding hydrogens is 332 g/mol. The maximum atomic E-state index is 11.5. The first-order valence-corrected chi connectivity index (χ1v) is 8.63. The Labute approximate surface area is 153 Å². The maximum Gasteiger partial charge on any atom is 0.407 e. The topological polar surface area (TPSA) is 76.7 Å². The van der Waals surface area contributed by atoms with Gasteiger partial charge in [0.1, 0.15) is 13.2 Å². The van der Waals surface area contributed by atoms with Gasteiger partial charge < -0.3 is 20.1 Å². The second-order valence-electron chi connectivity index (χ2n) is 5.60. The van der Waals surface area contributed by atoms with Crippen LogP contribution in [0.15, 0.2) is 60.7 Å². The Morgan fingerprint density at radius 2 is 1.04 bits per heavy atom. The van der Waals surface area contributed by atoms with Crippen LogP contribution in [0.1, 0.15) is 11.1 Å². The number of benzene rings is 2. The number of hydrogen-bond acceptors (Lipinski definition) is 4. The van der Waals surface area contributed by atoms with E-state index in [1.54, 1.807) is 0 Å². The lowest BCUT2D eigenvalue weighted by atomic mass is 10.1. The number of rotatable bonds is 9. The van der Waals surface area contributed by atoms with Crippen LogP contribution >= 0.6 is 0 Å². The van der Waals surface area contributed by atoms with E-state index in [0.717, 1.165) is 24.0 Å². The Bertz CT molecular complexity index is 603. The number of alkyl carbamates (subject to hydrolysis) is 2. The molecule has 0 saturated carbocycles. The van der Waals surface area contributed by atoms with Crippen LogP contribution in [0, 0.1) is 0 Å². The average Bonchev–Trinajstić information content (AvgIpc) is 2.67. The molecule has 0 aliphatic heterocycles. The second kappa shape index (κ2) is 11.5. The molecule has 6 heteroatoms. The van der Waals surface area contributed by atoms with E-state index in [-0.39, 0.29) is 13.2 Å². The summed E-state index contributed by atoms with van der Waals surface area (Å²) < 4.78 is 9.90. The van der Waals surface area contributed by atoms with E-state index in [1.807, 2.05) is 60.7 Å². The third-order valence-electron chi connectivity index (χ3n) is 3.60. The average molecular weight is 356 g/mol. The van der Waals surface area contributed by atoms with Gasteiger partial charge >= 0.3 is 12.2 Å². The second-order valence-corrected chi connectivity index (χ2v) is 5.60. The molecule has 0 spiro atoms. The first-order chi connectivity index (χ1) is 12.7. The van der Waals surface area contributed by atoms with Crippen LogP contribution in [0.25, 0.3) is 0 Å². The van der Waals surface area contributed by atoms with Gasteiger partial charge in [-0.2, -0.15) is 0 Å². The van der Waals surface area contributed by atoms with Crippen LogP contribution in [0.3, 0.4) is 0 Å².